The maximum Gasteiger partial charge on any atom is 0.303 e. The molecule has 0 saturated carbocycles. The number of halogens is 1. The fourth-order valence-corrected chi connectivity index (χ4v) is 1.98. The van der Waals surface area contributed by atoms with Crippen LogP contribution in [-0.4, -0.2) is 23.5 Å². The van der Waals surface area contributed by atoms with Crippen molar-refractivity contribution in [1.29, 1.82) is 0 Å². The lowest BCUT2D eigenvalue weighted by Gasteiger charge is -2.02. The first-order valence-corrected chi connectivity index (χ1v) is 7.52. The summed E-state index contributed by atoms with van der Waals surface area (Å²) in [5.41, 5.74) is 0.385. The predicted octanol–water partition coefficient (Wildman–Crippen LogP) is 3.38. The quantitative estimate of drug-likeness (QED) is 0.514. The average molecular weight is 307 g/mol. The van der Waals surface area contributed by atoms with E-state index in [1.807, 2.05) is 0 Å². The van der Waals surface area contributed by atoms with Gasteiger partial charge in [0.15, 0.2) is 0 Å². The molecular weight excluding hydrogens is 285 g/mol. The maximum atomic E-state index is 13.3. The van der Waals surface area contributed by atoms with Gasteiger partial charge in [-0.25, -0.2) is 4.39 Å². The highest BCUT2D eigenvalue weighted by Crippen LogP contribution is 2.08. The number of rotatable bonds is 10. The van der Waals surface area contributed by atoms with E-state index in [2.05, 4.69) is 5.32 Å². The number of benzene rings is 1. The van der Waals surface area contributed by atoms with Crippen molar-refractivity contribution < 1.29 is 19.1 Å². The van der Waals surface area contributed by atoms with Crippen LogP contribution in [0.2, 0.25) is 0 Å². The molecule has 0 aliphatic heterocycles. The third-order valence-electron chi connectivity index (χ3n) is 3.19. The smallest absolute Gasteiger partial charge is 0.303 e. The van der Waals surface area contributed by atoms with E-state index in [1.54, 1.807) is 18.2 Å². The fraction of sp³-hybridized carbons (Fsp3) is 0.412. The normalized spacial score (nSPS) is 10.8. The van der Waals surface area contributed by atoms with Gasteiger partial charge < -0.3 is 10.4 Å². The van der Waals surface area contributed by atoms with Crippen molar-refractivity contribution in [2.45, 2.75) is 38.5 Å². The molecule has 0 heterocycles. The summed E-state index contributed by atoms with van der Waals surface area (Å²) in [6.07, 6.45) is 7.37. The molecule has 5 heteroatoms. The minimum absolute atomic E-state index is 0.220. The van der Waals surface area contributed by atoms with E-state index >= 15 is 0 Å². The van der Waals surface area contributed by atoms with Crippen molar-refractivity contribution in [1.82, 2.24) is 5.32 Å². The first-order chi connectivity index (χ1) is 10.6. The number of carbonyl (C=O) groups excluding carboxylic acids is 1. The fourth-order valence-electron chi connectivity index (χ4n) is 1.98. The summed E-state index contributed by atoms with van der Waals surface area (Å²) in [6, 6.07) is 6.27. The standard InChI is InChI=1S/C17H22FNO3/c18-15-9-6-5-8-14(15)11-12-16(20)19-13-7-3-1-2-4-10-17(21)22/h5-6,8-9,11-12H,1-4,7,10,13H2,(H,19,20)(H,21,22)/b12-11+. The second-order valence-electron chi connectivity index (χ2n) is 5.06. The summed E-state index contributed by atoms with van der Waals surface area (Å²) >= 11 is 0. The Hall–Kier alpha value is -2.17. The molecule has 0 radical (unpaired) electrons. The highest BCUT2D eigenvalue weighted by Gasteiger charge is 1.99. The Morgan fingerprint density at radius 3 is 2.50 bits per heavy atom. The van der Waals surface area contributed by atoms with Crippen LogP contribution in [0, 0.1) is 5.82 Å². The van der Waals surface area contributed by atoms with Gasteiger partial charge >= 0.3 is 5.97 Å². The molecule has 0 spiro atoms. The van der Waals surface area contributed by atoms with Gasteiger partial charge in [-0.05, 0) is 25.0 Å². The number of unbranched alkanes of at least 4 members (excludes halogenated alkanes) is 4. The van der Waals surface area contributed by atoms with Crippen LogP contribution in [0.15, 0.2) is 30.3 Å². The molecule has 0 atom stereocenters. The molecule has 120 valence electrons. The van der Waals surface area contributed by atoms with Crippen LogP contribution in [0.3, 0.4) is 0 Å². The Morgan fingerprint density at radius 1 is 1.09 bits per heavy atom. The molecule has 1 aromatic rings. The zero-order valence-corrected chi connectivity index (χ0v) is 12.6. The SMILES string of the molecule is O=C(O)CCCCCCCNC(=O)/C=C/c1ccccc1F. The van der Waals surface area contributed by atoms with Gasteiger partial charge in [0.25, 0.3) is 0 Å². The minimum atomic E-state index is -0.756. The van der Waals surface area contributed by atoms with E-state index in [1.165, 1.54) is 18.2 Å². The topological polar surface area (TPSA) is 66.4 Å². The molecule has 0 unspecified atom stereocenters. The van der Waals surface area contributed by atoms with Crippen molar-refractivity contribution in [3.8, 4) is 0 Å². The summed E-state index contributed by atoms with van der Waals surface area (Å²) in [7, 11) is 0. The van der Waals surface area contributed by atoms with E-state index in [9.17, 15) is 14.0 Å². The molecule has 0 fully saturated rings. The molecule has 1 aromatic carbocycles. The summed E-state index contributed by atoms with van der Waals surface area (Å²) < 4.78 is 13.3. The van der Waals surface area contributed by atoms with Crippen molar-refractivity contribution in [3.63, 3.8) is 0 Å². The third kappa shape index (κ3) is 8.19. The van der Waals surface area contributed by atoms with E-state index in [0.29, 0.717) is 18.5 Å². The van der Waals surface area contributed by atoms with Gasteiger partial charge in [-0.15, -0.1) is 0 Å². The summed E-state index contributed by atoms with van der Waals surface area (Å²) in [6.45, 7) is 0.569. The minimum Gasteiger partial charge on any atom is -0.481 e. The van der Waals surface area contributed by atoms with Gasteiger partial charge in [-0.2, -0.15) is 0 Å². The first-order valence-electron chi connectivity index (χ1n) is 7.52. The third-order valence-corrected chi connectivity index (χ3v) is 3.19. The number of carbonyl (C=O) groups is 2. The monoisotopic (exact) mass is 307 g/mol. The highest BCUT2D eigenvalue weighted by molar-refractivity contribution is 5.91. The van der Waals surface area contributed by atoms with Crippen molar-refractivity contribution in [3.05, 3.63) is 41.7 Å². The van der Waals surface area contributed by atoms with Crippen molar-refractivity contribution >= 4 is 18.0 Å². The van der Waals surface area contributed by atoms with E-state index in [-0.39, 0.29) is 18.1 Å². The van der Waals surface area contributed by atoms with Crippen LogP contribution in [0.4, 0.5) is 4.39 Å². The maximum absolute atomic E-state index is 13.3. The second kappa shape index (κ2) is 10.5. The zero-order chi connectivity index (χ0) is 16.2. The number of amides is 1. The van der Waals surface area contributed by atoms with Gasteiger partial charge in [0.05, 0.1) is 0 Å². The van der Waals surface area contributed by atoms with Crippen LogP contribution >= 0.6 is 0 Å². The molecule has 4 nitrogen and oxygen atoms in total. The summed E-state index contributed by atoms with van der Waals surface area (Å²) in [5, 5.41) is 11.2. The highest BCUT2D eigenvalue weighted by atomic mass is 19.1. The molecule has 22 heavy (non-hydrogen) atoms. The lowest BCUT2D eigenvalue weighted by atomic mass is 10.1. The Morgan fingerprint density at radius 2 is 1.77 bits per heavy atom. The average Bonchev–Trinajstić information content (AvgIpc) is 2.49. The number of carboxylic acid groups (broad SMARTS) is 1. The molecule has 0 bridgehead atoms. The van der Waals surface area contributed by atoms with Gasteiger partial charge in [-0.1, -0.05) is 37.5 Å². The Kier molecular flexibility index (Phi) is 8.57. The van der Waals surface area contributed by atoms with E-state index in [0.717, 1.165) is 25.7 Å². The molecular formula is C17H22FNO3. The first kappa shape index (κ1) is 17.9. The van der Waals surface area contributed by atoms with Gasteiger partial charge in [-0.3, -0.25) is 9.59 Å². The van der Waals surface area contributed by atoms with Gasteiger partial charge in [0.2, 0.25) is 5.91 Å². The Labute approximate surface area is 130 Å². The van der Waals surface area contributed by atoms with Crippen molar-refractivity contribution in [2.75, 3.05) is 6.54 Å². The summed E-state index contributed by atoms with van der Waals surface area (Å²) in [4.78, 5) is 21.9. The number of carboxylic acids is 1. The summed E-state index contributed by atoms with van der Waals surface area (Å²) in [5.74, 6) is -1.35. The number of hydrogen-bond acceptors (Lipinski definition) is 2. The van der Waals surface area contributed by atoms with E-state index < -0.39 is 5.97 Å². The molecule has 2 N–H and O–H groups in total. The molecule has 1 rings (SSSR count). The molecule has 0 aromatic heterocycles. The van der Waals surface area contributed by atoms with Crippen LogP contribution < -0.4 is 5.32 Å². The second-order valence-corrected chi connectivity index (χ2v) is 5.06. The van der Waals surface area contributed by atoms with Crippen LogP contribution in [0.25, 0.3) is 6.08 Å². The molecule has 0 saturated heterocycles. The van der Waals surface area contributed by atoms with Crippen molar-refractivity contribution in [2.24, 2.45) is 0 Å². The van der Waals surface area contributed by atoms with E-state index in [4.69, 9.17) is 5.11 Å². The number of aliphatic carboxylic acids is 1. The predicted molar refractivity (Wildman–Crippen MR) is 83.8 cm³/mol. The molecule has 0 aliphatic carbocycles. The Balaban J connectivity index is 2.09. The van der Waals surface area contributed by atoms with Crippen LogP contribution in [0.5, 0.6) is 0 Å². The zero-order valence-electron chi connectivity index (χ0n) is 12.6. The molecule has 1 amide bonds. The molecule has 0 aliphatic rings. The van der Waals surface area contributed by atoms with Gasteiger partial charge in [0.1, 0.15) is 5.82 Å². The van der Waals surface area contributed by atoms with Crippen LogP contribution in [0.1, 0.15) is 44.1 Å². The lowest BCUT2D eigenvalue weighted by Crippen LogP contribution is -2.21. The Bertz CT molecular complexity index is 514. The van der Waals surface area contributed by atoms with Crippen LogP contribution in [-0.2, 0) is 9.59 Å². The number of nitrogens with one attached hydrogen (secondary N) is 1. The largest absolute Gasteiger partial charge is 0.481 e. The lowest BCUT2D eigenvalue weighted by molar-refractivity contribution is -0.137. The number of hydrogen-bond donors (Lipinski definition) is 2. The van der Waals surface area contributed by atoms with Gasteiger partial charge in [0, 0.05) is 24.6 Å².